The van der Waals surface area contributed by atoms with Crippen molar-refractivity contribution in [2.75, 3.05) is 19.3 Å². The smallest absolute Gasteiger partial charge is 0.144 e. The molecule has 2 atom stereocenters. The summed E-state index contributed by atoms with van der Waals surface area (Å²) in [7, 11) is -1.05. The number of ketones is 1. The van der Waals surface area contributed by atoms with Crippen LogP contribution in [0, 0.1) is 12.8 Å². The molecule has 0 aliphatic carbocycles. The number of benzene rings is 2. The van der Waals surface area contributed by atoms with E-state index in [1.165, 1.54) is 0 Å². The van der Waals surface area contributed by atoms with Gasteiger partial charge in [0.25, 0.3) is 0 Å². The second-order valence-electron chi connectivity index (χ2n) is 6.88. The highest BCUT2D eigenvalue weighted by Gasteiger charge is 2.33. The summed E-state index contributed by atoms with van der Waals surface area (Å²) in [6, 6.07) is 15.3. The number of hydrazone groups is 1. The van der Waals surface area contributed by atoms with E-state index in [9.17, 15) is 9.00 Å². The Hall–Kier alpha value is -2.60. The van der Waals surface area contributed by atoms with Crippen LogP contribution >= 0.6 is 0 Å². The van der Waals surface area contributed by atoms with Gasteiger partial charge in [0.15, 0.2) is 0 Å². The fourth-order valence-electron chi connectivity index (χ4n) is 3.28. The third-order valence-electron chi connectivity index (χ3n) is 4.83. The molecule has 1 aliphatic rings. The lowest BCUT2D eigenvalue weighted by molar-refractivity contribution is -0.117. The van der Waals surface area contributed by atoms with E-state index in [1.54, 1.807) is 13.2 Å². The number of aliphatic imine (C=N–C) groups is 1. The Morgan fingerprint density at radius 1 is 1.21 bits per heavy atom. The molecule has 0 saturated heterocycles. The molecule has 2 aromatic rings. The quantitative estimate of drug-likeness (QED) is 0.775. The van der Waals surface area contributed by atoms with E-state index < -0.39 is 16.7 Å². The van der Waals surface area contributed by atoms with Crippen LogP contribution in [-0.4, -0.2) is 45.8 Å². The summed E-state index contributed by atoms with van der Waals surface area (Å²) in [4.78, 5) is 18.2. The molecule has 28 heavy (non-hydrogen) atoms. The molecule has 2 unspecified atom stereocenters. The lowest BCUT2D eigenvalue weighted by Gasteiger charge is -2.31. The number of aryl methyl sites for hydroxylation is 1. The minimum absolute atomic E-state index is 0.0185. The number of carbonyl (C=O) groups is 1. The van der Waals surface area contributed by atoms with Gasteiger partial charge in [-0.25, -0.2) is 0 Å². The van der Waals surface area contributed by atoms with Gasteiger partial charge >= 0.3 is 0 Å². The molecular formula is C22H25N3O2S. The summed E-state index contributed by atoms with van der Waals surface area (Å²) in [5, 5.41) is 6.66. The molecule has 1 aliphatic heterocycles. The largest absolute Gasteiger partial charge is 0.299 e. The molecule has 0 radical (unpaired) electrons. The van der Waals surface area contributed by atoms with Gasteiger partial charge in [-0.15, -0.1) is 0 Å². The number of hydrogen-bond acceptors (Lipinski definition) is 5. The maximum absolute atomic E-state index is 12.6. The first kappa shape index (κ1) is 20.1. The van der Waals surface area contributed by atoms with E-state index >= 15 is 0 Å². The van der Waals surface area contributed by atoms with Crippen molar-refractivity contribution < 1.29 is 9.00 Å². The molecule has 5 nitrogen and oxygen atoms in total. The van der Waals surface area contributed by atoms with E-state index in [4.69, 9.17) is 10.1 Å². The van der Waals surface area contributed by atoms with Crippen molar-refractivity contribution >= 4 is 33.7 Å². The Morgan fingerprint density at radius 3 is 2.46 bits per heavy atom. The van der Waals surface area contributed by atoms with Gasteiger partial charge in [-0.2, -0.15) is 5.10 Å². The summed E-state index contributed by atoms with van der Waals surface area (Å²) >= 11 is 0. The predicted molar refractivity (Wildman–Crippen MR) is 115 cm³/mol. The molecule has 0 aromatic heterocycles. The van der Waals surface area contributed by atoms with E-state index in [1.807, 2.05) is 67.4 Å². The fraction of sp³-hybridized carbons (Fsp3) is 0.318. The SMILES string of the molecule is CCN1CC(=Nc2ccccc2C)C(C(C)=O)C(c2ccc(S(C)=O)cc2)=N1. The van der Waals surface area contributed by atoms with Crippen molar-refractivity contribution in [1.82, 2.24) is 5.01 Å². The van der Waals surface area contributed by atoms with Gasteiger partial charge in [-0.1, -0.05) is 30.3 Å². The zero-order valence-electron chi connectivity index (χ0n) is 16.7. The molecule has 0 saturated carbocycles. The second-order valence-corrected chi connectivity index (χ2v) is 8.26. The van der Waals surface area contributed by atoms with E-state index in [-0.39, 0.29) is 5.78 Å². The molecule has 0 amide bonds. The third kappa shape index (κ3) is 4.28. The summed E-state index contributed by atoms with van der Waals surface area (Å²) in [6.45, 7) is 6.88. The molecule has 0 spiro atoms. The Morgan fingerprint density at radius 2 is 1.89 bits per heavy atom. The van der Waals surface area contributed by atoms with Crippen LogP contribution in [0.15, 0.2) is 63.5 Å². The fourth-order valence-corrected chi connectivity index (χ4v) is 3.80. The van der Waals surface area contributed by atoms with Crippen LogP contribution in [0.3, 0.4) is 0 Å². The summed E-state index contributed by atoms with van der Waals surface area (Å²) < 4.78 is 11.7. The van der Waals surface area contributed by atoms with Gasteiger partial charge in [0.05, 0.1) is 23.7 Å². The molecular weight excluding hydrogens is 370 g/mol. The van der Waals surface area contributed by atoms with Crippen molar-refractivity contribution in [2.45, 2.75) is 25.7 Å². The van der Waals surface area contributed by atoms with Crippen LogP contribution in [0.5, 0.6) is 0 Å². The topological polar surface area (TPSA) is 62.1 Å². The molecule has 0 bridgehead atoms. The summed E-state index contributed by atoms with van der Waals surface area (Å²) in [5.41, 5.74) is 4.29. The van der Waals surface area contributed by atoms with Crippen LogP contribution in [-0.2, 0) is 15.6 Å². The normalized spacial score (nSPS) is 19.4. The highest BCUT2D eigenvalue weighted by Crippen LogP contribution is 2.25. The number of Topliss-reactive ketones (excluding diaryl/α,β-unsaturated/α-hetero) is 1. The average Bonchev–Trinajstić information content (AvgIpc) is 2.69. The van der Waals surface area contributed by atoms with E-state index in [0.717, 1.165) is 34.0 Å². The maximum Gasteiger partial charge on any atom is 0.144 e. The van der Waals surface area contributed by atoms with Crippen LogP contribution in [0.2, 0.25) is 0 Å². The minimum atomic E-state index is -1.05. The Bertz CT molecular complexity index is 964. The molecule has 1 heterocycles. The standard InChI is InChI=1S/C22H25N3O2S/c1-5-25-14-20(23-19-9-7-6-8-15(19)2)21(16(3)26)22(24-25)17-10-12-18(13-11-17)28(4)27/h6-13,21H,5,14H2,1-4H3. The molecule has 2 aromatic carbocycles. The average molecular weight is 396 g/mol. The van der Waals surface area contributed by atoms with Crippen molar-refractivity contribution in [3.8, 4) is 0 Å². The van der Waals surface area contributed by atoms with E-state index in [0.29, 0.717) is 12.3 Å². The van der Waals surface area contributed by atoms with Crippen molar-refractivity contribution in [1.29, 1.82) is 0 Å². The zero-order valence-corrected chi connectivity index (χ0v) is 17.5. The number of hydrogen-bond donors (Lipinski definition) is 0. The second kappa shape index (κ2) is 8.61. The third-order valence-corrected chi connectivity index (χ3v) is 5.77. The highest BCUT2D eigenvalue weighted by molar-refractivity contribution is 7.84. The number of nitrogens with zero attached hydrogens (tertiary/aromatic N) is 3. The Labute approximate surface area is 168 Å². The van der Waals surface area contributed by atoms with Crippen molar-refractivity contribution in [3.05, 3.63) is 59.7 Å². The van der Waals surface area contributed by atoms with Crippen molar-refractivity contribution in [3.63, 3.8) is 0 Å². The first-order valence-electron chi connectivity index (χ1n) is 9.31. The summed E-state index contributed by atoms with van der Waals surface area (Å²) in [6.07, 6.45) is 1.65. The van der Waals surface area contributed by atoms with Crippen LogP contribution in [0.25, 0.3) is 0 Å². The monoisotopic (exact) mass is 395 g/mol. The van der Waals surface area contributed by atoms with Gasteiger partial charge in [0.1, 0.15) is 11.7 Å². The predicted octanol–water partition coefficient (Wildman–Crippen LogP) is 3.75. The molecule has 0 N–H and O–H groups in total. The minimum Gasteiger partial charge on any atom is -0.299 e. The van der Waals surface area contributed by atoms with E-state index in [2.05, 4.69) is 0 Å². The summed E-state index contributed by atoms with van der Waals surface area (Å²) in [5.74, 6) is -0.467. The molecule has 3 rings (SSSR count). The van der Waals surface area contributed by atoms with Gasteiger partial charge in [-0.05, 0) is 50.1 Å². The zero-order chi connectivity index (χ0) is 20.3. The van der Waals surface area contributed by atoms with Gasteiger partial charge in [-0.3, -0.25) is 19.0 Å². The van der Waals surface area contributed by atoms with Crippen LogP contribution in [0.1, 0.15) is 25.0 Å². The lowest BCUT2D eigenvalue weighted by atomic mass is 9.87. The van der Waals surface area contributed by atoms with Crippen molar-refractivity contribution in [2.24, 2.45) is 16.0 Å². The maximum atomic E-state index is 12.6. The van der Waals surface area contributed by atoms with Gasteiger partial charge in [0, 0.05) is 28.5 Å². The van der Waals surface area contributed by atoms with Crippen LogP contribution < -0.4 is 0 Å². The van der Waals surface area contributed by atoms with Crippen LogP contribution in [0.4, 0.5) is 5.69 Å². The lowest BCUT2D eigenvalue weighted by Crippen LogP contribution is -2.43. The van der Waals surface area contributed by atoms with Gasteiger partial charge < -0.3 is 0 Å². The first-order chi connectivity index (χ1) is 13.4. The Kier molecular flexibility index (Phi) is 6.19. The molecule has 6 heteroatoms. The first-order valence-corrected chi connectivity index (χ1v) is 10.9. The number of para-hydroxylation sites is 1. The number of rotatable bonds is 5. The molecule has 146 valence electrons. The Balaban J connectivity index is 2.09. The molecule has 0 fully saturated rings. The highest BCUT2D eigenvalue weighted by atomic mass is 32.2. The van der Waals surface area contributed by atoms with Gasteiger partial charge in [0.2, 0.25) is 0 Å². The number of carbonyl (C=O) groups excluding carboxylic acids is 1.